The number of halogens is 3. The SMILES string of the molecule is N#CCc1ccc(NC(=O)CNc2ccccc2[C@@H](O)C(F)(F)F)cc1. The van der Waals surface area contributed by atoms with Crippen LogP contribution in [0.5, 0.6) is 0 Å². The lowest BCUT2D eigenvalue weighted by molar-refractivity contribution is -0.206. The van der Waals surface area contributed by atoms with E-state index in [0.29, 0.717) is 5.69 Å². The first kappa shape index (κ1) is 19.3. The fraction of sp³-hybridized carbons (Fsp3) is 0.222. The van der Waals surface area contributed by atoms with Gasteiger partial charge in [-0.3, -0.25) is 4.79 Å². The van der Waals surface area contributed by atoms with Crippen LogP contribution < -0.4 is 10.6 Å². The zero-order chi connectivity index (χ0) is 19.2. The highest BCUT2D eigenvalue weighted by Crippen LogP contribution is 2.35. The number of aliphatic hydroxyl groups is 1. The normalized spacial score (nSPS) is 12.1. The summed E-state index contributed by atoms with van der Waals surface area (Å²) in [5, 5.41) is 23.2. The number of anilines is 2. The lowest BCUT2D eigenvalue weighted by atomic mass is 10.1. The summed E-state index contributed by atoms with van der Waals surface area (Å²) >= 11 is 0. The molecular formula is C18H16F3N3O2. The molecule has 2 aromatic carbocycles. The van der Waals surface area contributed by atoms with Crippen molar-refractivity contribution in [2.24, 2.45) is 0 Å². The number of carbonyl (C=O) groups excluding carboxylic acids is 1. The molecule has 0 aliphatic carbocycles. The molecule has 0 saturated carbocycles. The molecule has 136 valence electrons. The molecule has 2 rings (SSSR count). The number of alkyl halides is 3. The van der Waals surface area contributed by atoms with E-state index in [4.69, 9.17) is 5.26 Å². The van der Waals surface area contributed by atoms with Crippen LogP contribution in [0.2, 0.25) is 0 Å². The van der Waals surface area contributed by atoms with Crippen molar-refractivity contribution < 1.29 is 23.1 Å². The van der Waals surface area contributed by atoms with Crippen LogP contribution in [0.25, 0.3) is 0 Å². The maximum absolute atomic E-state index is 12.7. The van der Waals surface area contributed by atoms with E-state index >= 15 is 0 Å². The Balaban J connectivity index is 1.98. The summed E-state index contributed by atoms with van der Waals surface area (Å²) in [7, 11) is 0. The lowest BCUT2D eigenvalue weighted by Crippen LogP contribution is -2.24. The van der Waals surface area contributed by atoms with Gasteiger partial charge in [0.2, 0.25) is 5.91 Å². The van der Waals surface area contributed by atoms with Gasteiger partial charge in [-0.25, -0.2) is 0 Å². The summed E-state index contributed by atoms with van der Waals surface area (Å²) < 4.78 is 38.1. The number of hydrogen-bond donors (Lipinski definition) is 3. The summed E-state index contributed by atoms with van der Waals surface area (Å²) in [5.41, 5.74) is 0.978. The van der Waals surface area contributed by atoms with Gasteiger partial charge in [0, 0.05) is 16.9 Å². The minimum atomic E-state index is -4.80. The maximum atomic E-state index is 12.7. The van der Waals surface area contributed by atoms with Crippen molar-refractivity contribution >= 4 is 17.3 Å². The molecule has 26 heavy (non-hydrogen) atoms. The molecule has 2 aromatic rings. The molecule has 8 heteroatoms. The molecule has 1 atom stereocenters. The first-order chi connectivity index (χ1) is 12.3. The van der Waals surface area contributed by atoms with Crippen LogP contribution in [-0.4, -0.2) is 23.7 Å². The van der Waals surface area contributed by atoms with E-state index in [2.05, 4.69) is 10.6 Å². The van der Waals surface area contributed by atoms with Gasteiger partial charge in [-0.15, -0.1) is 0 Å². The largest absolute Gasteiger partial charge is 0.418 e. The molecule has 0 bridgehead atoms. The minimum Gasteiger partial charge on any atom is -0.379 e. The summed E-state index contributed by atoms with van der Waals surface area (Å²) in [6, 6.07) is 14.0. The molecule has 0 fully saturated rings. The zero-order valence-electron chi connectivity index (χ0n) is 13.5. The van der Waals surface area contributed by atoms with Gasteiger partial charge < -0.3 is 15.7 Å². The molecule has 0 heterocycles. The van der Waals surface area contributed by atoms with E-state index in [1.54, 1.807) is 24.3 Å². The monoisotopic (exact) mass is 363 g/mol. The van der Waals surface area contributed by atoms with E-state index < -0.39 is 18.2 Å². The zero-order valence-corrected chi connectivity index (χ0v) is 13.5. The van der Waals surface area contributed by atoms with Crippen LogP contribution in [-0.2, 0) is 11.2 Å². The second-order valence-corrected chi connectivity index (χ2v) is 5.46. The number of nitriles is 1. The first-order valence-corrected chi connectivity index (χ1v) is 7.64. The summed E-state index contributed by atoms with van der Waals surface area (Å²) in [6.07, 6.45) is -7.18. The lowest BCUT2D eigenvalue weighted by Gasteiger charge is -2.19. The van der Waals surface area contributed by atoms with Gasteiger partial charge >= 0.3 is 6.18 Å². The van der Waals surface area contributed by atoms with Gasteiger partial charge in [-0.1, -0.05) is 30.3 Å². The second-order valence-electron chi connectivity index (χ2n) is 5.46. The molecule has 3 N–H and O–H groups in total. The number of amides is 1. The fourth-order valence-corrected chi connectivity index (χ4v) is 2.25. The number of nitrogens with one attached hydrogen (secondary N) is 2. The third-order valence-corrected chi connectivity index (χ3v) is 3.53. The van der Waals surface area contributed by atoms with Crippen LogP contribution in [0.1, 0.15) is 17.2 Å². The van der Waals surface area contributed by atoms with Gasteiger partial charge in [-0.2, -0.15) is 18.4 Å². The second kappa shape index (κ2) is 8.36. The molecule has 0 aliphatic rings. The van der Waals surface area contributed by atoms with E-state index in [1.807, 2.05) is 6.07 Å². The van der Waals surface area contributed by atoms with Crippen molar-refractivity contribution in [1.29, 1.82) is 5.26 Å². The first-order valence-electron chi connectivity index (χ1n) is 7.64. The third kappa shape index (κ3) is 5.22. The summed E-state index contributed by atoms with van der Waals surface area (Å²) in [5.74, 6) is -0.464. The predicted octanol–water partition coefficient (Wildman–Crippen LogP) is 3.40. The molecule has 0 spiro atoms. The summed E-state index contributed by atoms with van der Waals surface area (Å²) in [6.45, 7) is -0.276. The standard InChI is InChI=1S/C18H16F3N3O2/c19-18(20,21)17(26)14-3-1-2-4-15(14)23-11-16(25)24-13-7-5-12(6-8-13)9-10-22/h1-8,17,23,26H,9,11H2,(H,24,25)/t17-/m1/s1. The molecule has 5 nitrogen and oxygen atoms in total. The summed E-state index contributed by atoms with van der Waals surface area (Å²) in [4.78, 5) is 12.0. The Hall–Kier alpha value is -3.05. The molecule has 1 amide bonds. The van der Waals surface area contributed by atoms with Crippen LogP contribution in [0.3, 0.4) is 0 Å². The van der Waals surface area contributed by atoms with Gasteiger partial charge in [-0.05, 0) is 23.8 Å². The number of para-hydroxylation sites is 1. The topological polar surface area (TPSA) is 85.2 Å². The Morgan fingerprint density at radius 2 is 1.81 bits per heavy atom. The quantitative estimate of drug-likeness (QED) is 0.734. The number of aliphatic hydroxyl groups excluding tert-OH is 1. The highest BCUT2D eigenvalue weighted by Gasteiger charge is 2.40. The van der Waals surface area contributed by atoms with Crippen LogP contribution >= 0.6 is 0 Å². The van der Waals surface area contributed by atoms with E-state index in [9.17, 15) is 23.1 Å². The van der Waals surface area contributed by atoms with Crippen molar-refractivity contribution in [3.63, 3.8) is 0 Å². The van der Waals surface area contributed by atoms with Crippen molar-refractivity contribution in [2.45, 2.75) is 18.7 Å². The Bertz CT molecular complexity index is 799. The van der Waals surface area contributed by atoms with Crippen LogP contribution in [0.4, 0.5) is 24.5 Å². The van der Waals surface area contributed by atoms with Gasteiger partial charge in [0.15, 0.2) is 6.10 Å². The van der Waals surface area contributed by atoms with Crippen molar-refractivity contribution in [1.82, 2.24) is 0 Å². The molecule has 0 aliphatic heterocycles. The fourth-order valence-electron chi connectivity index (χ4n) is 2.25. The third-order valence-electron chi connectivity index (χ3n) is 3.53. The maximum Gasteiger partial charge on any atom is 0.418 e. The highest BCUT2D eigenvalue weighted by molar-refractivity contribution is 5.93. The number of nitrogens with zero attached hydrogens (tertiary/aromatic N) is 1. The van der Waals surface area contributed by atoms with E-state index in [1.165, 1.54) is 18.2 Å². The van der Waals surface area contributed by atoms with Crippen LogP contribution in [0.15, 0.2) is 48.5 Å². The average Bonchev–Trinajstić information content (AvgIpc) is 2.61. The minimum absolute atomic E-state index is 0.0249. The Morgan fingerprint density at radius 1 is 1.15 bits per heavy atom. The molecular weight excluding hydrogens is 347 g/mol. The number of hydrogen-bond acceptors (Lipinski definition) is 4. The number of carbonyl (C=O) groups is 1. The Labute approximate surface area is 148 Å². The van der Waals surface area contributed by atoms with Gasteiger partial charge in [0.1, 0.15) is 0 Å². The Kier molecular flexibility index (Phi) is 6.20. The smallest absolute Gasteiger partial charge is 0.379 e. The molecule has 0 radical (unpaired) electrons. The van der Waals surface area contributed by atoms with Gasteiger partial charge in [0.05, 0.1) is 19.0 Å². The number of rotatable bonds is 6. The molecule has 0 unspecified atom stereocenters. The highest BCUT2D eigenvalue weighted by atomic mass is 19.4. The Morgan fingerprint density at radius 3 is 2.42 bits per heavy atom. The predicted molar refractivity (Wildman–Crippen MR) is 90.3 cm³/mol. The van der Waals surface area contributed by atoms with Crippen molar-refractivity contribution in [3.05, 3.63) is 59.7 Å². The van der Waals surface area contributed by atoms with Gasteiger partial charge in [0.25, 0.3) is 0 Å². The molecule has 0 aromatic heterocycles. The average molecular weight is 363 g/mol. The van der Waals surface area contributed by atoms with Crippen LogP contribution in [0, 0.1) is 11.3 Å². The number of benzene rings is 2. The van der Waals surface area contributed by atoms with Crippen molar-refractivity contribution in [2.75, 3.05) is 17.2 Å². The van der Waals surface area contributed by atoms with E-state index in [-0.39, 0.29) is 24.2 Å². The molecule has 0 saturated heterocycles. The van der Waals surface area contributed by atoms with Crippen molar-refractivity contribution in [3.8, 4) is 6.07 Å². The van der Waals surface area contributed by atoms with E-state index in [0.717, 1.165) is 11.6 Å².